The van der Waals surface area contributed by atoms with E-state index in [9.17, 15) is 0 Å². The minimum absolute atomic E-state index is 0.579. The number of fused-ring (bicyclic) bond motifs is 1. The molecule has 0 aliphatic carbocycles. The van der Waals surface area contributed by atoms with Crippen LogP contribution in [-0.2, 0) is 13.0 Å². The van der Waals surface area contributed by atoms with E-state index in [0.29, 0.717) is 6.54 Å². The highest BCUT2D eigenvalue weighted by Gasteiger charge is 2.16. The first kappa shape index (κ1) is 19.0. The molecule has 5 rings (SSSR count). The average molecular weight is 409 g/mol. The summed E-state index contributed by atoms with van der Waals surface area (Å²) in [7, 11) is 0. The molecule has 5 aromatic rings. The number of aromatic nitrogens is 6. The van der Waals surface area contributed by atoms with E-state index in [0.717, 1.165) is 51.9 Å². The SMILES string of the molecule is CCc1cccc(-c2[nH]c(CNc3cccc(C)c3)nc2-c2ccc3ncnn3c2)n1. The Morgan fingerprint density at radius 2 is 1.94 bits per heavy atom. The minimum Gasteiger partial charge on any atom is -0.378 e. The summed E-state index contributed by atoms with van der Waals surface area (Å²) >= 11 is 0. The predicted molar refractivity (Wildman–Crippen MR) is 122 cm³/mol. The number of hydrogen-bond acceptors (Lipinski definition) is 5. The lowest BCUT2D eigenvalue weighted by molar-refractivity contribution is 0.960. The van der Waals surface area contributed by atoms with Crippen molar-refractivity contribution in [2.75, 3.05) is 5.32 Å². The summed E-state index contributed by atoms with van der Waals surface area (Å²) in [4.78, 5) is 17.5. The zero-order chi connectivity index (χ0) is 21.2. The Labute approximate surface area is 180 Å². The van der Waals surface area contributed by atoms with Gasteiger partial charge in [-0.2, -0.15) is 5.10 Å². The van der Waals surface area contributed by atoms with E-state index in [-0.39, 0.29) is 0 Å². The maximum atomic E-state index is 4.92. The Kier molecular flexibility index (Phi) is 4.92. The maximum Gasteiger partial charge on any atom is 0.155 e. The average Bonchev–Trinajstić information content (AvgIpc) is 3.44. The summed E-state index contributed by atoms with van der Waals surface area (Å²) in [5.41, 5.74) is 7.70. The highest BCUT2D eigenvalue weighted by atomic mass is 15.3. The third kappa shape index (κ3) is 3.90. The third-order valence-electron chi connectivity index (χ3n) is 5.20. The van der Waals surface area contributed by atoms with E-state index in [1.54, 1.807) is 10.8 Å². The molecule has 0 aliphatic heterocycles. The van der Waals surface area contributed by atoms with Gasteiger partial charge in [0.05, 0.1) is 23.6 Å². The fourth-order valence-corrected chi connectivity index (χ4v) is 3.61. The molecule has 0 amide bonds. The van der Waals surface area contributed by atoms with Crippen LogP contribution in [0, 0.1) is 6.92 Å². The Morgan fingerprint density at radius 3 is 2.81 bits per heavy atom. The van der Waals surface area contributed by atoms with Gasteiger partial charge in [-0.05, 0) is 55.3 Å². The second-order valence-corrected chi connectivity index (χ2v) is 7.48. The smallest absolute Gasteiger partial charge is 0.155 e. The molecule has 0 bridgehead atoms. The number of imidazole rings is 1. The number of benzene rings is 1. The van der Waals surface area contributed by atoms with E-state index in [1.807, 2.05) is 42.6 Å². The van der Waals surface area contributed by atoms with Gasteiger partial charge in [-0.1, -0.05) is 25.1 Å². The lowest BCUT2D eigenvalue weighted by atomic mass is 10.1. The van der Waals surface area contributed by atoms with Gasteiger partial charge in [0.15, 0.2) is 5.65 Å². The lowest BCUT2D eigenvalue weighted by Gasteiger charge is -2.05. The van der Waals surface area contributed by atoms with Crippen LogP contribution < -0.4 is 5.32 Å². The molecule has 7 heteroatoms. The van der Waals surface area contributed by atoms with Gasteiger partial charge in [-0.25, -0.2) is 14.5 Å². The number of H-pyrrole nitrogens is 1. The molecule has 154 valence electrons. The predicted octanol–water partition coefficient (Wildman–Crippen LogP) is 4.66. The molecule has 0 atom stereocenters. The third-order valence-corrected chi connectivity index (χ3v) is 5.20. The largest absolute Gasteiger partial charge is 0.378 e. The number of rotatable bonds is 6. The molecule has 0 fully saturated rings. The summed E-state index contributed by atoms with van der Waals surface area (Å²) in [5.74, 6) is 0.842. The minimum atomic E-state index is 0.579. The Hall–Kier alpha value is -4.00. The van der Waals surface area contributed by atoms with E-state index in [2.05, 4.69) is 52.4 Å². The quantitative estimate of drug-likeness (QED) is 0.426. The van der Waals surface area contributed by atoms with Crippen molar-refractivity contribution in [2.24, 2.45) is 0 Å². The van der Waals surface area contributed by atoms with Gasteiger partial charge >= 0.3 is 0 Å². The topological polar surface area (TPSA) is 83.8 Å². The van der Waals surface area contributed by atoms with Gasteiger partial charge in [-0.3, -0.25) is 4.98 Å². The van der Waals surface area contributed by atoms with E-state index in [1.165, 1.54) is 5.56 Å². The van der Waals surface area contributed by atoms with Crippen molar-refractivity contribution in [1.82, 2.24) is 29.5 Å². The van der Waals surface area contributed by atoms with Gasteiger partial charge < -0.3 is 10.3 Å². The van der Waals surface area contributed by atoms with Crippen LogP contribution in [0.3, 0.4) is 0 Å². The highest BCUT2D eigenvalue weighted by Crippen LogP contribution is 2.29. The van der Waals surface area contributed by atoms with Gasteiger partial charge in [0.25, 0.3) is 0 Å². The Bertz CT molecular complexity index is 1350. The van der Waals surface area contributed by atoms with Gasteiger partial charge in [0, 0.05) is 23.1 Å². The molecule has 2 N–H and O–H groups in total. The molecule has 7 nitrogen and oxygen atoms in total. The van der Waals surface area contributed by atoms with E-state index < -0.39 is 0 Å². The molecule has 4 aromatic heterocycles. The lowest BCUT2D eigenvalue weighted by Crippen LogP contribution is -2.01. The van der Waals surface area contributed by atoms with Gasteiger partial charge in [0.1, 0.15) is 12.2 Å². The van der Waals surface area contributed by atoms with Crippen molar-refractivity contribution < 1.29 is 0 Å². The molecule has 0 radical (unpaired) electrons. The molecule has 0 spiro atoms. The van der Waals surface area contributed by atoms with Crippen LogP contribution in [-0.4, -0.2) is 29.5 Å². The fourth-order valence-electron chi connectivity index (χ4n) is 3.61. The summed E-state index contributed by atoms with van der Waals surface area (Å²) in [6.07, 6.45) is 4.38. The summed E-state index contributed by atoms with van der Waals surface area (Å²) < 4.78 is 1.76. The molecule has 4 heterocycles. The zero-order valence-electron chi connectivity index (χ0n) is 17.5. The number of pyridine rings is 2. The van der Waals surface area contributed by atoms with Crippen molar-refractivity contribution in [3.63, 3.8) is 0 Å². The number of aryl methyl sites for hydroxylation is 2. The van der Waals surface area contributed by atoms with Crippen LogP contribution in [0.15, 0.2) is 67.1 Å². The van der Waals surface area contributed by atoms with Crippen LogP contribution in [0.25, 0.3) is 28.3 Å². The number of hydrogen-bond donors (Lipinski definition) is 2. The van der Waals surface area contributed by atoms with E-state index in [4.69, 9.17) is 9.97 Å². The molecule has 0 saturated carbocycles. The van der Waals surface area contributed by atoms with Gasteiger partial charge in [-0.15, -0.1) is 0 Å². The molecular weight excluding hydrogens is 386 g/mol. The molecule has 0 unspecified atom stereocenters. The standard InChI is InChI=1S/C24H23N7/c1-3-18-7-5-9-20(28-18)24-23(17-10-11-22-26-15-27-31(22)14-17)29-21(30-24)13-25-19-8-4-6-16(2)12-19/h4-12,14-15,25H,3,13H2,1-2H3,(H,29,30). The van der Waals surface area contributed by atoms with Crippen molar-refractivity contribution in [3.8, 4) is 22.6 Å². The van der Waals surface area contributed by atoms with Crippen LogP contribution in [0.5, 0.6) is 0 Å². The molecule has 1 aromatic carbocycles. The Balaban J connectivity index is 1.55. The summed E-state index contributed by atoms with van der Waals surface area (Å²) in [5, 5.41) is 7.72. The summed E-state index contributed by atoms with van der Waals surface area (Å²) in [6.45, 7) is 4.77. The molecular formula is C24H23N7. The molecule has 31 heavy (non-hydrogen) atoms. The normalized spacial score (nSPS) is 11.2. The molecule has 0 aliphatic rings. The van der Waals surface area contributed by atoms with Gasteiger partial charge in [0.2, 0.25) is 0 Å². The van der Waals surface area contributed by atoms with Crippen molar-refractivity contribution in [3.05, 3.63) is 84.2 Å². The van der Waals surface area contributed by atoms with Crippen LogP contribution in [0.1, 0.15) is 24.0 Å². The monoisotopic (exact) mass is 409 g/mol. The maximum absolute atomic E-state index is 4.92. The number of nitrogens with one attached hydrogen (secondary N) is 2. The van der Waals surface area contributed by atoms with Crippen molar-refractivity contribution >= 4 is 11.3 Å². The number of nitrogens with zero attached hydrogens (tertiary/aromatic N) is 5. The fraction of sp³-hybridized carbons (Fsp3) is 0.167. The number of aromatic amines is 1. The van der Waals surface area contributed by atoms with E-state index >= 15 is 0 Å². The zero-order valence-corrected chi connectivity index (χ0v) is 17.5. The molecule has 0 saturated heterocycles. The summed E-state index contributed by atoms with van der Waals surface area (Å²) in [6, 6.07) is 18.4. The second kappa shape index (κ2) is 8.02. The second-order valence-electron chi connectivity index (χ2n) is 7.48. The highest BCUT2D eigenvalue weighted by molar-refractivity contribution is 5.77. The Morgan fingerprint density at radius 1 is 1.03 bits per heavy atom. The van der Waals surface area contributed by atoms with Crippen LogP contribution >= 0.6 is 0 Å². The van der Waals surface area contributed by atoms with Crippen molar-refractivity contribution in [1.29, 1.82) is 0 Å². The number of anilines is 1. The van der Waals surface area contributed by atoms with Crippen LogP contribution in [0.4, 0.5) is 5.69 Å². The van der Waals surface area contributed by atoms with Crippen LogP contribution in [0.2, 0.25) is 0 Å². The first-order valence-electron chi connectivity index (χ1n) is 10.3. The first-order valence-corrected chi connectivity index (χ1v) is 10.3. The first-order chi connectivity index (χ1) is 15.2. The van der Waals surface area contributed by atoms with Crippen molar-refractivity contribution in [2.45, 2.75) is 26.8 Å².